The average Bonchev–Trinajstić information content (AvgIpc) is 2.85. The van der Waals surface area contributed by atoms with Crippen molar-refractivity contribution in [1.82, 2.24) is 5.32 Å². The van der Waals surface area contributed by atoms with Crippen molar-refractivity contribution >= 4 is 57.8 Å². The molecule has 0 atom stereocenters. The van der Waals surface area contributed by atoms with E-state index in [2.05, 4.69) is 10.3 Å². The average molecular weight is 365 g/mol. The Morgan fingerprint density at radius 3 is 2.43 bits per heavy atom. The smallest absolute Gasteiger partial charge is 0.264 e. The summed E-state index contributed by atoms with van der Waals surface area (Å²) in [6, 6.07) is 12.4. The van der Waals surface area contributed by atoms with Gasteiger partial charge in [-0.15, -0.1) is 0 Å². The van der Waals surface area contributed by atoms with Crippen LogP contribution in [0.25, 0.3) is 6.08 Å². The first-order valence-corrected chi connectivity index (χ1v) is 8.13. The number of aliphatic imine (C=N–C) groups is 1. The van der Waals surface area contributed by atoms with Crippen LogP contribution < -0.4 is 5.32 Å². The number of hydrogen-bond donors (Lipinski definition) is 2. The van der Waals surface area contributed by atoms with Gasteiger partial charge in [0.15, 0.2) is 10.9 Å². The van der Waals surface area contributed by atoms with Crippen molar-refractivity contribution in [1.29, 1.82) is 0 Å². The van der Waals surface area contributed by atoms with Crippen LogP contribution in [0.3, 0.4) is 0 Å². The summed E-state index contributed by atoms with van der Waals surface area (Å²) in [6.45, 7) is 0. The molecule has 2 N–H and O–H groups in total. The summed E-state index contributed by atoms with van der Waals surface area (Å²) >= 11 is 13.0. The SMILES string of the molecule is O=C1NC(=Nc2ccccc2)S/C1=C\c1cc(Cl)c(O)c(Cl)c1. The predicted molar refractivity (Wildman–Crippen MR) is 95.4 cm³/mol. The largest absolute Gasteiger partial charge is 0.505 e. The molecule has 1 heterocycles. The van der Waals surface area contributed by atoms with Crippen molar-refractivity contribution in [3.63, 3.8) is 0 Å². The summed E-state index contributed by atoms with van der Waals surface area (Å²) in [6.07, 6.45) is 1.64. The number of aromatic hydroxyl groups is 1. The van der Waals surface area contributed by atoms with Gasteiger partial charge in [0, 0.05) is 0 Å². The Morgan fingerprint density at radius 1 is 1.13 bits per heavy atom. The van der Waals surface area contributed by atoms with E-state index in [-0.39, 0.29) is 21.7 Å². The van der Waals surface area contributed by atoms with Crippen molar-refractivity contribution in [2.75, 3.05) is 0 Å². The molecule has 1 aliphatic rings. The molecule has 23 heavy (non-hydrogen) atoms. The van der Waals surface area contributed by atoms with Crippen LogP contribution in [0.2, 0.25) is 10.0 Å². The Bertz CT molecular complexity index is 812. The lowest BCUT2D eigenvalue weighted by molar-refractivity contribution is -0.115. The van der Waals surface area contributed by atoms with Crippen LogP contribution in [0.5, 0.6) is 5.75 Å². The van der Waals surface area contributed by atoms with Crippen molar-refractivity contribution in [2.24, 2.45) is 4.99 Å². The maximum Gasteiger partial charge on any atom is 0.264 e. The molecule has 0 bridgehead atoms. The third-order valence-corrected chi connectivity index (χ3v) is 4.46. The molecule has 1 aliphatic heterocycles. The van der Waals surface area contributed by atoms with E-state index >= 15 is 0 Å². The third-order valence-electron chi connectivity index (χ3n) is 2.97. The van der Waals surface area contributed by atoms with E-state index in [0.717, 1.165) is 5.69 Å². The van der Waals surface area contributed by atoms with Crippen LogP contribution in [0.1, 0.15) is 5.56 Å². The number of carbonyl (C=O) groups excluding carboxylic acids is 1. The Labute approximate surface area is 146 Å². The monoisotopic (exact) mass is 364 g/mol. The molecule has 3 rings (SSSR count). The number of hydrogen-bond acceptors (Lipinski definition) is 4. The summed E-state index contributed by atoms with van der Waals surface area (Å²) in [4.78, 5) is 16.9. The van der Waals surface area contributed by atoms with Crippen molar-refractivity contribution < 1.29 is 9.90 Å². The van der Waals surface area contributed by atoms with Crippen LogP contribution in [-0.4, -0.2) is 16.2 Å². The number of amides is 1. The zero-order valence-electron chi connectivity index (χ0n) is 11.6. The normalized spacial score (nSPS) is 17.7. The van der Waals surface area contributed by atoms with Gasteiger partial charge in [0.05, 0.1) is 20.6 Å². The predicted octanol–water partition coefficient (Wildman–Crippen LogP) is 4.59. The van der Waals surface area contributed by atoms with E-state index in [1.807, 2.05) is 30.3 Å². The molecular formula is C16H10Cl2N2O2S. The van der Waals surface area contributed by atoms with E-state index in [1.54, 1.807) is 6.08 Å². The molecule has 1 amide bonds. The highest BCUT2D eigenvalue weighted by atomic mass is 35.5. The molecule has 0 saturated carbocycles. The number of benzene rings is 2. The Morgan fingerprint density at radius 2 is 1.78 bits per heavy atom. The fourth-order valence-electron chi connectivity index (χ4n) is 1.92. The van der Waals surface area contributed by atoms with Crippen LogP contribution in [0.15, 0.2) is 52.4 Å². The Hall–Kier alpha value is -1.95. The lowest BCUT2D eigenvalue weighted by Gasteiger charge is -2.02. The minimum absolute atomic E-state index is 0.130. The second-order valence-electron chi connectivity index (χ2n) is 4.65. The van der Waals surface area contributed by atoms with E-state index in [4.69, 9.17) is 23.2 Å². The molecule has 0 aromatic heterocycles. The van der Waals surface area contributed by atoms with E-state index in [1.165, 1.54) is 23.9 Å². The number of halogens is 2. The summed E-state index contributed by atoms with van der Waals surface area (Å²) < 4.78 is 0. The molecule has 2 aromatic rings. The van der Waals surface area contributed by atoms with Gasteiger partial charge < -0.3 is 10.4 Å². The van der Waals surface area contributed by atoms with Crippen LogP contribution in [0.4, 0.5) is 5.69 Å². The standard InChI is InChI=1S/C16H10Cl2N2O2S/c17-11-6-9(7-12(18)14(11)21)8-13-15(22)20-16(23-13)19-10-4-2-1-3-5-10/h1-8,21H,(H,19,20,22)/b13-8-. The Balaban J connectivity index is 1.87. The molecule has 0 aliphatic carbocycles. The highest BCUT2D eigenvalue weighted by molar-refractivity contribution is 8.18. The van der Waals surface area contributed by atoms with Gasteiger partial charge in [0.2, 0.25) is 0 Å². The number of carbonyl (C=O) groups is 1. The zero-order chi connectivity index (χ0) is 16.4. The van der Waals surface area contributed by atoms with E-state index < -0.39 is 0 Å². The van der Waals surface area contributed by atoms with Crippen molar-refractivity contribution in [3.05, 3.63) is 63.0 Å². The minimum atomic E-state index is -0.245. The van der Waals surface area contributed by atoms with Crippen LogP contribution in [-0.2, 0) is 4.79 Å². The first-order chi connectivity index (χ1) is 11.0. The number of thioether (sulfide) groups is 1. The van der Waals surface area contributed by atoms with Gasteiger partial charge in [-0.1, -0.05) is 41.4 Å². The minimum Gasteiger partial charge on any atom is -0.505 e. The van der Waals surface area contributed by atoms with E-state index in [9.17, 15) is 9.90 Å². The number of nitrogens with zero attached hydrogens (tertiary/aromatic N) is 1. The molecule has 7 heteroatoms. The fourth-order valence-corrected chi connectivity index (χ4v) is 3.27. The molecule has 0 spiro atoms. The van der Waals surface area contributed by atoms with Gasteiger partial charge in [-0.2, -0.15) is 0 Å². The molecule has 2 aromatic carbocycles. The van der Waals surface area contributed by atoms with Crippen LogP contribution in [0, 0.1) is 0 Å². The fraction of sp³-hybridized carbons (Fsp3) is 0. The third kappa shape index (κ3) is 3.69. The lowest BCUT2D eigenvalue weighted by atomic mass is 10.2. The topological polar surface area (TPSA) is 61.7 Å². The van der Waals surface area contributed by atoms with Gasteiger partial charge in [-0.25, -0.2) is 4.99 Å². The summed E-state index contributed by atoms with van der Waals surface area (Å²) in [5.41, 5.74) is 1.38. The molecule has 0 unspecified atom stereocenters. The summed E-state index contributed by atoms with van der Waals surface area (Å²) in [5, 5.41) is 13.0. The number of phenolic OH excluding ortho intramolecular Hbond substituents is 1. The number of phenols is 1. The molecule has 4 nitrogen and oxygen atoms in total. The number of amidine groups is 1. The van der Waals surface area contributed by atoms with Gasteiger partial charge in [-0.3, -0.25) is 4.79 Å². The Kier molecular flexibility index (Phi) is 4.61. The number of para-hydroxylation sites is 1. The number of rotatable bonds is 2. The highest BCUT2D eigenvalue weighted by Crippen LogP contribution is 2.35. The van der Waals surface area contributed by atoms with Crippen molar-refractivity contribution in [2.45, 2.75) is 0 Å². The maximum absolute atomic E-state index is 12.0. The highest BCUT2D eigenvalue weighted by Gasteiger charge is 2.24. The summed E-state index contributed by atoms with van der Waals surface area (Å²) in [7, 11) is 0. The molecule has 1 saturated heterocycles. The molecular weight excluding hydrogens is 355 g/mol. The van der Waals surface area contributed by atoms with Gasteiger partial charge in [-0.05, 0) is 47.7 Å². The first-order valence-electron chi connectivity index (χ1n) is 6.55. The second-order valence-corrected chi connectivity index (χ2v) is 6.50. The van der Waals surface area contributed by atoms with Gasteiger partial charge in [0.1, 0.15) is 0 Å². The molecule has 1 fully saturated rings. The maximum atomic E-state index is 12.0. The van der Waals surface area contributed by atoms with Gasteiger partial charge >= 0.3 is 0 Å². The zero-order valence-corrected chi connectivity index (χ0v) is 13.9. The quantitative estimate of drug-likeness (QED) is 0.766. The second kappa shape index (κ2) is 6.66. The van der Waals surface area contributed by atoms with Gasteiger partial charge in [0.25, 0.3) is 5.91 Å². The summed E-state index contributed by atoms with van der Waals surface area (Å²) in [5.74, 6) is -0.421. The number of nitrogens with one attached hydrogen (secondary N) is 1. The molecule has 116 valence electrons. The van der Waals surface area contributed by atoms with Crippen LogP contribution >= 0.6 is 35.0 Å². The van der Waals surface area contributed by atoms with Crippen molar-refractivity contribution in [3.8, 4) is 5.75 Å². The first kappa shape index (κ1) is 15.9. The molecule has 0 radical (unpaired) electrons. The van der Waals surface area contributed by atoms with E-state index in [0.29, 0.717) is 15.6 Å². The lowest BCUT2D eigenvalue weighted by Crippen LogP contribution is -2.19.